The quantitative estimate of drug-likeness (QED) is 0.103. The van der Waals surface area contributed by atoms with E-state index in [4.69, 9.17) is 18.3 Å². The van der Waals surface area contributed by atoms with Crippen LogP contribution in [-0.4, -0.2) is 10.2 Å². The Morgan fingerprint density at radius 1 is 0.438 bits per heavy atom. The predicted octanol–water partition coefficient (Wildman–Crippen LogP) is 15.9. The standard InChI is InChI=1S/2C33H25F3O4/c2*34-33(35,36)24-13-9-20(10-14-24)19-39-25-15-11-21(12-16-25)23-17-22-5-1-2-6-26(22)28(18-23)30-31(37)27-7-3-4-8-29(27)40-32(30)38/h2*1-16,23,28,37H,17-19H2. The predicted molar refractivity (Wildman–Crippen MR) is 291 cm³/mol. The second-order valence-corrected chi connectivity index (χ2v) is 20.2. The Kier molecular flexibility index (Phi) is 14.6. The highest BCUT2D eigenvalue weighted by molar-refractivity contribution is 5.85. The Morgan fingerprint density at radius 3 is 1.16 bits per heavy atom. The highest BCUT2D eigenvalue weighted by Crippen LogP contribution is 2.48. The van der Waals surface area contributed by atoms with Crippen molar-refractivity contribution in [1.82, 2.24) is 0 Å². The van der Waals surface area contributed by atoms with Crippen LogP contribution in [0.1, 0.15) is 103 Å². The summed E-state index contributed by atoms with van der Waals surface area (Å²) >= 11 is 0. The fourth-order valence-corrected chi connectivity index (χ4v) is 11.2. The summed E-state index contributed by atoms with van der Waals surface area (Å²) in [7, 11) is 0. The lowest BCUT2D eigenvalue weighted by atomic mass is 9.72. The Morgan fingerprint density at radius 2 is 0.787 bits per heavy atom. The summed E-state index contributed by atoms with van der Waals surface area (Å²) in [5, 5.41) is 23.4. The van der Waals surface area contributed by atoms with Gasteiger partial charge in [-0.3, -0.25) is 0 Å². The van der Waals surface area contributed by atoms with E-state index in [1.165, 1.54) is 24.3 Å². The third-order valence-electron chi connectivity index (χ3n) is 15.2. The van der Waals surface area contributed by atoms with Crippen LogP contribution in [0.4, 0.5) is 26.3 Å². The van der Waals surface area contributed by atoms with Gasteiger partial charge in [0, 0.05) is 11.8 Å². The van der Waals surface area contributed by atoms with Crippen LogP contribution in [0.3, 0.4) is 0 Å². The maximum atomic E-state index is 13.1. The zero-order chi connectivity index (χ0) is 55.7. The van der Waals surface area contributed by atoms with Gasteiger partial charge in [-0.1, -0.05) is 121 Å². The molecule has 0 bridgehead atoms. The van der Waals surface area contributed by atoms with Gasteiger partial charge in [-0.05, 0) is 155 Å². The summed E-state index contributed by atoms with van der Waals surface area (Å²) in [6, 6.07) is 55.0. The molecule has 0 radical (unpaired) electrons. The van der Waals surface area contributed by atoms with Gasteiger partial charge in [0.25, 0.3) is 0 Å². The number of hydrogen-bond acceptors (Lipinski definition) is 8. The van der Waals surface area contributed by atoms with Crippen LogP contribution >= 0.6 is 0 Å². The number of halogens is 6. The maximum absolute atomic E-state index is 13.1. The molecular weight excluding hydrogens is 1030 g/mol. The number of benzene rings is 8. The van der Waals surface area contributed by atoms with Gasteiger partial charge in [0.2, 0.25) is 0 Å². The lowest BCUT2D eigenvalue weighted by molar-refractivity contribution is -0.138. The van der Waals surface area contributed by atoms with Crippen LogP contribution in [0.5, 0.6) is 23.0 Å². The molecule has 14 heteroatoms. The number of ether oxygens (including phenoxy) is 2. The molecule has 2 aliphatic carbocycles. The van der Waals surface area contributed by atoms with Gasteiger partial charge in [0.05, 0.1) is 33.0 Å². The summed E-state index contributed by atoms with van der Waals surface area (Å²) in [6.45, 7) is 0.292. The van der Waals surface area contributed by atoms with Gasteiger partial charge in [-0.25, -0.2) is 9.59 Å². The Labute approximate surface area is 454 Å². The fraction of sp³-hybridized carbons (Fsp3) is 0.182. The van der Waals surface area contributed by atoms with E-state index in [-0.39, 0.29) is 59.5 Å². The second-order valence-electron chi connectivity index (χ2n) is 20.2. The van der Waals surface area contributed by atoms with E-state index in [0.29, 0.717) is 57.4 Å². The van der Waals surface area contributed by atoms with Crippen molar-refractivity contribution in [2.24, 2.45) is 0 Å². The largest absolute Gasteiger partial charge is 0.507 e. The van der Waals surface area contributed by atoms with Gasteiger partial charge >= 0.3 is 23.6 Å². The minimum Gasteiger partial charge on any atom is -0.507 e. The van der Waals surface area contributed by atoms with Crippen molar-refractivity contribution in [3.05, 3.63) is 282 Å². The van der Waals surface area contributed by atoms with Crippen LogP contribution in [0.15, 0.2) is 213 Å². The third kappa shape index (κ3) is 11.2. The molecule has 2 heterocycles. The van der Waals surface area contributed by atoms with Crippen molar-refractivity contribution < 1.29 is 54.9 Å². The summed E-state index contributed by atoms with van der Waals surface area (Å²) in [6.07, 6.45) is -5.97. The average Bonchev–Trinajstić information content (AvgIpc) is 3.58. The lowest BCUT2D eigenvalue weighted by Crippen LogP contribution is -2.23. The molecule has 0 saturated carbocycles. The molecule has 8 nitrogen and oxygen atoms in total. The highest BCUT2D eigenvalue weighted by Gasteiger charge is 2.36. The Balaban J connectivity index is 0.000000169. The molecule has 2 aromatic heterocycles. The van der Waals surface area contributed by atoms with Crippen LogP contribution in [0.25, 0.3) is 21.9 Å². The number of para-hydroxylation sites is 2. The van der Waals surface area contributed by atoms with Gasteiger partial charge < -0.3 is 28.5 Å². The first-order chi connectivity index (χ1) is 38.6. The van der Waals surface area contributed by atoms with Crippen LogP contribution in [-0.2, 0) is 38.4 Å². The highest BCUT2D eigenvalue weighted by atomic mass is 19.4. The molecule has 404 valence electrons. The zero-order valence-corrected chi connectivity index (χ0v) is 42.6. The summed E-state index contributed by atoms with van der Waals surface area (Å²) in [5.41, 5.74) is 6.41. The van der Waals surface area contributed by atoms with Crippen LogP contribution in [0, 0.1) is 0 Å². The summed E-state index contributed by atoms with van der Waals surface area (Å²) < 4.78 is 99.6. The normalized spacial score (nSPS) is 17.0. The number of aromatic hydroxyl groups is 2. The van der Waals surface area contributed by atoms with Crippen molar-refractivity contribution in [1.29, 1.82) is 0 Å². The minimum absolute atomic E-state index is 0.0423. The molecule has 2 aliphatic rings. The van der Waals surface area contributed by atoms with E-state index < -0.39 is 34.7 Å². The molecule has 80 heavy (non-hydrogen) atoms. The van der Waals surface area contributed by atoms with Crippen molar-refractivity contribution in [3.8, 4) is 23.0 Å². The van der Waals surface area contributed by atoms with E-state index in [1.54, 1.807) is 48.5 Å². The third-order valence-corrected chi connectivity index (χ3v) is 15.2. The minimum atomic E-state index is -4.37. The first-order valence-electron chi connectivity index (χ1n) is 26.0. The van der Waals surface area contributed by atoms with Crippen LogP contribution in [0.2, 0.25) is 0 Å². The van der Waals surface area contributed by atoms with Gasteiger partial charge in [0.15, 0.2) is 0 Å². The SMILES string of the molecule is O=c1oc2ccccc2c(O)c1C1CC(c2ccc(OCc3ccc(C(F)(F)F)cc3)cc2)Cc2ccccc21.O=c1oc2ccccc2c(O)c1C1CC(c2ccc(OCc3ccc(C(F)(F)F)cc3)cc2)Cc2ccccc21. The smallest absolute Gasteiger partial charge is 0.416 e. The topological polar surface area (TPSA) is 119 Å². The Bertz CT molecular complexity index is 3700. The lowest BCUT2D eigenvalue weighted by Gasteiger charge is -2.32. The van der Waals surface area contributed by atoms with E-state index in [0.717, 1.165) is 70.5 Å². The molecule has 8 aromatic carbocycles. The summed E-state index contributed by atoms with van der Waals surface area (Å²) in [4.78, 5) is 26.2. The average molecular weight is 1090 g/mol. The van der Waals surface area contributed by atoms with Crippen molar-refractivity contribution in [2.45, 2.75) is 74.9 Å². The summed E-state index contributed by atoms with van der Waals surface area (Å²) in [5.74, 6) is 0.591. The van der Waals surface area contributed by atoms with E-state index in [9.17, 15) is 46.1 Å². The molecule has 12 rings (SSSR count). The molecule has 10 aromatic rings. The molecule has 0 fully saturated rings. The van der Waals surface area contributed by atoms with Gasteiger partial charge in [-0.15, -0.1) is 0 Å². The molecule has 2 N–H and O–H groups in total. The Hall–Kier alpha value is -9.04. The number of alkyl halides is 6. The molecule has 0 spiro atoms. The molecule has 0 saturated heterocycles. The first kappa shape index (κ1) is 53.0. The number of fused-ring (bicyclic) bond motifs is 4. The fourth-order valence-electron chi connectivity index (χ4n) is 11.2. The monoisotopic (exact) mass is 1080 g/mol. The van der Waals surface area contributed by atoms with E-state index >= 15 is 0 Å². The first-order valence-corrected chi connectivity index (χ1v) is 26.0. The number of hydrogen-bond donors (Lipinski definition) is 2. The molecule has 4 atom stereocenters. The molecule has 0 aliphatic heterocycles. The molecule has 4 unspecified atom stereocenters. The maximum Gasteiger partial charge on any atom is 0.416 e. The van der Waals surface area contributed by atoms with Crippen molar-refractivity contribution in [2.75, 3.05) is 0 Å². The van der Waals surface area contributed by atoms with E-state index in [1.807, 2.05) is 84.9 Å². The van der Waals surface area contributed by atoms with Crippen molar-refractivity contribution in [3.63, 3.8) is 0 Å². The van der Waals surface area contributed by atoms with Gasteiger partial charge in [-0.2, -0.15) is 26.3 Å². The molecule has 0 amide bonds. The number of rotatable bonds is 10. The van der Waals surface area contributed by atoms with E-state index in [2.05, 4.69) is 12.1 Å². The van der Waals surface area contributed by atoms with Crippen LogP contribution < -0.4 is 20.7 Å². The van der Waals surface area contributed by atoms with Crippen molar-refractivity contribution >= 4 is 21.9 Å². The zero-order valence-electron chi connectivity index (χ0n) is 42.6. The van der Waals surface area contributed by atoms with Gasteiger partial charge in [0.1, 0.15) is 47.4 Å². The second kappa shape index (κ2) is 22.0. The molecular formula is C66H50F6O8.